The molecule has 0 N–H and O–H groups in total. The van der Waals surface area contributed by atoms with Gasteiger partial charge >= 0.3 is 0 Å². The van der Waals surface area contributed by atoms with Gasteiger partial charge in [-0.3, -0.25) is 0 Å². The Bertz CT molecular complexity index is 228. The zero-order chi connectivity index (χ0) is 8.27. The molecule has 1 nitrogen and oxygen atoms in total. The first kappa shape index (κ1) is 8.12. The van der Waals surface area contributed by atoms with Crippen molar-refractivity contribution >= 4 is 0 Å². The summed E-state index contributed by atoms with van der Waals surface area (Å²) in [4.78, 5) is 0. The van der Waals surface area contributed by atoms with E-state index in [1.165, 1.54) is 5.56 Å². The molecule has 1 rings (SSSR count). The molecule has 0 heterocycles. The molecule has 1 radical (unpaired) electrons. The highest BCUT2D eigenvalue weighted by molar-refractivity contribution is 5.28. The van der Waals surface area contributed by atoms with Crippen LogP contribution in [0.1, 0.15) is 25.3 Å². The van der Waals surface area contributed by atoms with Crippen molar-refractivity contribution in [1.29, 1.82) is 0 Å². The summed E-state index contributed by atoms with van der Waals surface area (Å²) in [6.45, 7) is 4.29. The number of ether oxygens (including phenoxy) is 1. The topological polar surface area (TPSA) is 9.23 Å². The van der Waals surface area contributed by atoms with E-state index in [0.29, 0.717) is 5.92 Å². The lowest BCUT2D eigenvalue weighted by Crippen LogP contribution is -1.89. The lowest BCUT2D eigenvalue weighted by atomic mass is 10.0. The van der Waals surface area contributed by atoms with Crippen LogP contribution < -0.4 is 4.74 Å². The lowest BCUT2D eigenvalue weighted by molar-refractivity contribution is 0.413. The Hall–Kier alpha value is -0.980. The summed E-state index contributed by atoms with van der Waals surface area (Å²) in [5.41, 5.74) is 1.20. The average molecular weight is 149 g/mol. The Kier molecular flexibility index (Phi) is 2.53. The third-order valence-electron chi connectivity index (χ3n) is 1.63. The second kappa shape index (κ2) is 3.42. The Morgan fingerprint density at radius 3 is 2.64 bits per heavy atom. The van der Waals surface area contributed by atoms with Crippen LogP contribution in [-0.4, -0.2) is 7.11 Å². The SMILES string of the molecule is COc1[c]c(C(C)C)ccc1. The fourth-order valence-electron chi connectivity index (χ4n) is 0.921. The molecule has 0 unspecified atom stereocenters. The van der Waals surface area contributed by atoms with E-state index < -0.39 is 0 Å². The van der Waals surface area contributed by atoms with Gasteiger partial charge in [-0.15, -0.1) is 0 Å². The molecule has 0 saturated heterocycles. The lowest BCUT2D eigenvalue weighted by Gasteiger charge is -2.05. The van der Waals surface area contributed by atoms with Gasteiger partial charge in [-0.1, -0.05) is 26.0 Å². The zero-order valence-electron chi connectivity index (χ0n) is 7.22. The molecule has 0 saturated carbocycles. The molecule has 11 heavy (non-hydrogen) atoms. The van der Waals surface area contributed by atoms with Crippen LogP contribution >= 0.6 is 0 Å². The van der Waals surface area contributed by atoms with Crippen molar-refractivity contribution < 1.29 is 4.74 Å². The van der Waals surface area contributed by atoms with E-state index in [-0.39, 0.29) is 0 Å². The number of hydrogen-bond donors (Lipinski definition) is 0. The van der Waals surface area contributed by atoms with E-state index in [9.17, 15) is 0 Å². The standard InChI is InChI=1S/C10H13O/c1-8(2)9-5-4-6-10(7-9)11-3/h4-6,8H,1-3H3. The minimum atomic E-state index is 0.519. The van der Waals surface area contributed by atoms with Gasteiger partial charge in [0.25, 0.3) is 0 Å². The molecular formula is C10H13O. The number of methoxy groups -OCH3 is 1. The van der Waals surface area contributed by atoms with Crippen LogP contribution in [0.25, 0.3) is 0 Å². The first-order chi connectivity index (χ1) is 5.24. The Balaban J connectivity index is 2.91. The normalized spacial score (nSPS) is 10.2. The van der Waals surface area contributed by atoms with Gasteiger partial charge in [-0.2, -0.15) is 0 Å². The van der Waals surface area contributed by atoms with Crippen LogP contribution in [0.4, 0.5) is 0 Å². The van der Waals surface area contributed by atoms with Crippen molar-refractivity contribution in [2.75, 3.05) is 7.11 Å². The van der Waals surface area contributed by atoms with Gasteiger partial charge in [0.2, 0.25) is 0 Å². The van der Waals surface area contributed by atoms with Gasteiger partial charge in [-0.05, 0) is 17.5 Å². The predicted molar refractivity (Wildman–Crippen MR) is 45.9 cm³/mol. The summed E-state index contributed by atoms with van der Waals surface area (Å²) in [5.74, 6) is 1.33. The predicted octanol–water partition coefficient (Wildman–Crippen LogP) is 2.62. The molecule has 0 aliphatic heterocycles. The molecule has 0 atom stereocenters. The van der Waals surface area contributed by atoms with Gasteiger partial charge in [0.15, 0.2) is 0 Å². The molecule has 0 aliphatic carbocycles. The smallest absolute Gasteiger partial charge is 0.127 e. The molecule has 0 bridgehead atoms. The molecule has 59 valence electrons. The Morgan fingerprint density at radius 2 is 2.09 bits per heavy atom. The molecule has 1 heteroatoms. The Morgan fingerprint density at radius 1 is 1.36 bits per heavy atom. The highest BCUT2D eigenvalue weighted by Gasteiger charge is 1.99. The average Bonchev–Trinajstić information content (AvgIpc) is 2.05. The summed E-state index contributed by atoms with van der Waals surface area (Å²) in [6.07, 6.45) is 0. The van der Waals surface area contributed by atoms with Gasteiger partial charge in [0.1, 0.15) is 5.75 Å². The Labute approximate surface area is 68.0 Å². The molecular weight excluding hydrogens is 136 g/mol. The van der Waals surface area contributed by atoms with Crippen LogP contribution in [0, 0.1) is 6.07 Å². The molecule has 0 amide bonds. The summed E-state index contributed by atoms with van der Waals surface area (Å²) in [5, 5.41) is 0. The fraction of sp³-hybridized carbons (Fsp3) is 0.400. The van der Waals surface area contributed by atoms with Gasteiger partial charge in [-0.25, -0.2) is 0 Å². The summed E-state index contributed by atoms with van der Waals surface area (Å²) in [6, 6.07) is 9.13. The van der Waals surface area contributed by atoms with Crippen LogP contribution in [0.2, 0.25) is 0 Å². The van der Waals surface area contributed by atoms with Crippen LogP contribution in [0.15, 0.2) is 18.2 Å². The summed E-state index contributed by atoms with van der Waals surface area (Å²) >= 11 is 0. The monoisotopic (exact) mass is 149 g/mol. The summed E-state index contributed by atoms with van der Waals surface area (Å²) < 4.78 is 5.05. The van der Waals surface area contributed by atoms with Crippen molar-refractivity contribution in [2.45, 2.75) is 19.8 Å². The molecule has 1 aromatic rings. The van der Waals surface area contributed by atoms with Crippen LogP contribution in [-0.2, 0) is 0 Å². The van der Waals surface area contributed by atoms with E-state index >= 15 is 0 Å². The molecule has 1 aromatic carbocycles. The second-order valence-electron chi connectivity index (χ2n) is 2.83. The third-order valence-corrected chi connectivity index (χ3v) is 1.63. The quantitative estimate of drug-likeness (QED) is 0.628. The minimum Gasteiger partial charge on any atom is -0.496 e. The molecule has 0 aliphatic rings. The molecule has 0 aromatic heterocycles. The minimum absolute atomic E-state index is 0.519. The maximum absolute atomic E-state index is 5.05. The van der Waals surface area contributed by atoms with Gasteiger partial charge in [0.05, 0.1) is 7.11 Å². The number of benzene rings is 1. The second-order valence-corrected chi connectivity index (χ2v) is 2.83. The van der Waals surface area contributed by atoms with E-state index in [1.807, 2.05) is 12.1 Å². The third kappa shape index (κ3) is 1.97. The van der Waals surface area contributed by atoms with Gasteiger partial charge in [0, 0.05) is 6.07 Å². The zero-order valence-corrected chi connectivity index (χ0v) is 7.22. The van der Waals surface area contributed by atoms with E-state index in [1.54, 1.807) is 7.11 Å². The molecule has 0 spiro atoms. The summed E-state index contributed by atoms with van der Waals surface area (Å²) in [7, 11) is 1.66. The highest BCUT2D eigenvalue weighted by Crippen LogP contribution is 2.18. The van der Waals surface area contributed by atoms with Crippen molar-refractivity contribution in [3.8, 4) is 5.75 Å². The first-order valence-corrected chi connectivity index (χ1v) is 3.80. The van der Waals surface area contributed by atoms with Crippen molar-refractivity contribution in [1.82, 2.24) is 0 Å². The van der Waals surface area contributed by atoms with Gasteiger partial charge < -0.3 is 4.74 Å². The van der Waals surface area contributed by atoms with Crippen LogP contribution in [0.5, 0.6) is 5.75 Å². The largest absolute Gasteiger partial charge is 0.496 e. The molecule has 0 fully saturated rings. The van der Waals surface area contributed by atoms with Crippen LogP contribution in [0.3, 0.4) is 0 Å². The first-order valence-electron chi connectivity index (χ1n) is 3.80. The fourth-order valence-corrected chi connectivity index (χ4v) is 0.921. The van der Waals surface area contributed by atoms with E-state index in [4.69, 9.17) is 4.74 Å². The number of hydrogen-bond acceptors (Lipinski definition) is 1. The van der Waals surface area contributed by atoms with E-state index in [2.05, 4.69) is 26.0 Å². The van der Waals surface area contributed by atoms with Crippen molar-refractivity contribution in [3.63, 3.8) is 0 Å². The number of rotatable bonds is 2. The van der Waals surface area contributed by atoms with Crippen molar-refractivity contribution in [2.24, 2.45) is 0 Å². The van der Waals surface area contributed by atoms with Crippen molar-refractivity contribution in [3.05, 3.63) is 29.8 Å². The highest BCUT2D eigenvalue weighted by atomic mass is 16.5. The maximum atomic E-state index is 5.05. The maximum Gasteiger partial charge on any atom is 0.127 e. The van der Waals surface area contributed by atoms with E-state index in [0.717, 1.165) is 5.75 Å².